The molecule has 0 aromatic heterocycles. The topological polar surface area (TPSA) is 67.1 Å². The average Bonchev–Trinajstić information content (AvgIpc) is 2.77. The van der Waals surface area contributed by atoms with Crippen LogP contribution < -0.4 is 20.4 Å². The number of para-hydroxylation sites is 1. The molecule has 172 valence electrons. The predicted octanol–water partition coefficient (Wildman–Crippen LogP) is 0.300. The van der Waals surface area contributed by atoms with Gasteiger partial charge in [0.15, 0.2) is 12.6 Å². The van der Waals surface area contributed by atoms with Crippen molar-refractivity contribution in [2.75, 3.05) is 38.0 Å². The molecule has 1 aliphatic heterocycles. The van der Waals surface area contributed by atoms with Gasteiger partial charge in [-0.25, -0.2) is 0 Å². The van der Waals surface area contributed by atoms with Crippen molar-refractivity contribution in [2.45, 2.75) is 65.5 Å². The van der Waals surface area contributed by atoms with Crippen molar-refractivity contribution >= 4 is 17.5 Å². The molecule has 6 heteroatoms. The second kappa shape index (κ2) is 11.1. The maximum absolute atomic E-state index is 12.9. The van der Waals surface area contributed by atoms with Gasteiger partial charge < -0.3 is 20.4 Å². The summed E-state index contributed by atoms with van der Waals surface area (Å²) < 4.78 is 0. The van der Waals surface area contributed by atoms with Gasteiger partial charge in [-0.15, -0.1) is 0 Å². The van der Waals surface area contributed by atoms with Gasteiger partial charge in [-0.2, -0.15) is 0 Å². The number of benzene rings is 1. The Bertz CT molecular complexity index is 745. The van der Waals surface area contributed by atoms with Gasteiger partial charge in [0.05, 0.1) is 0 Å². The predicted molar refractivity (Wildman–Crippen MR) is 124 cm³/mol. The molecule has 1 heterocycles. The maximum Gasteiger partial charge on any atom is 0.279 e. The number of aryl methyl sites for hydroxylation is 1. The van der Waals surface area contributed by atoms with Crippen molar-refractivity contribution < 1.29 is 19.4 Å². The molecule has 0 spiro atoms. The highest BCUT2D eigenvalue weighted by molar-refractivity contribution is 5.92. The second-order valence-corrected chi connectivity index (χ2v) is 9.75. The molecule has 4 N–H and O–H groups in total. The van der Waals surface area contributed by atoms with Crippen LogP contribution in [-0.2, 0) is 16.0 Å². The van der Waals surface area contributed by atoms with Crippen molar-refractivity contribution in [3.8, 4) is 0 Å². The first-order valence-corrected chi connectivity index (χ1v) is 12.2. The van der Waals surface area contributed by atoms with E-state index >= 15 is 0 Å². The first kappa shape index (κ1) is 23.7. The lowest BCUT2D eigenvalue weighted by atomic mass is 9.78. The monoisotopic (exact) mass is 430 g/mol. The van der Waals surface area contributed by atoms with Crippen LogP contribution >= 0.6 is 0 Å². The number of hydrogen-bond acceptors (Lipinski definition) is 2. The highest BCUT2D eigenvalue weighted by Gasteiger charge is 2.34. The minimum absolute atomic E-state index is 0.0313. The lowest BCUT2D eigenvalue weighted by molar-refractivity contribution is -1.01. The van der Waals surface area contributed by atoms with Gasteiger partial charge >= 0.3 is 0 Å². The fourth-order valence-electron chi connectivity index (χ4n) is 5.19. The van der Waals surface area contributed by atoms with Gasteiger partial charge in [-0.1, -0.05) is 51.8 Å². The Balaban J connectivity index is 1.43. The third-order valence-electron chi connectivity index (χ3n) is 7.72. The van der Waals surface area contributed by atoms with Gasteiger partial charge in [0, 0.05) is 11.7 Å². The Morgan fingerprint density at radius 3 is 2.52 bits per heavy atom. The van der Waals surface area contributed by atoms with Crippen molar-refractivity contribution in [1.29, 1.82) is 0 Å². The Kier molecular flexibility index (Phi) is 8.50. The summed E-state index contributed by atoms with van der Waals surface area (Å²) in [6.07, 6.45) is 4.50. The highest BCUT2D eigenvalue weighted by atomic mass is 16.2. The van der Waals surface area contributed by atoms with E-state index in [1.807, 2.05) is 18.2 Å². The smallest absolute Gasteiger partial charge is 0.279 e. The SMILES string of the molecule is CCc1ccccc1NC(=O)C[NH+]1CC[NH+]([C@@H](C)C(=O)N[C@@H]2CCC[C@H](C)[C@@H]2C)CC1. The van der Waals surface area contributed by atoms with Gasteiger partial charge in [0.2, 0.25) is 0 Å². The van der Waals surface area contributed by atoms with Crippen LogP contribution in [0.25, 0.3) is 0 Å². The van der Waals surface area contributed by atoms with Crippen LogP contribution in [-0.4, -0.2) is 56.6 Å². The first-order valence-electron chi connectivity index (χ1n) is 12.2. The molecule has 2 amide bonds. The van der Waals surface area contributed by atoms with E-state index in [1.54, 1.807) is 0 Å². The number of amides is 2. The summed E-state index contributed by atoms with van der Waals surface area (Å²) in [6.45, 7) is 12.9. The van der Waals surface area contributed by atoms with Crippen LogP contribution in [0.1, 0.15) is 52.5 Å². The minimum atomic E-state index is -0.0313. The summed E-state index contributed by atoms with van der Waals surface area (Å²) in [5, 5.41) is 6.43. The molecule has 1 saturated heterocycles. The number of nitrogens with one attached hydrogen (secondary N) is 4. The van der Waals surface area contributed by atoms with E-state index in [0.29, 0.717) is 24.4 Å². The van der Waals surface area contributed by atoms with E-state index in [1.165, 1.54) is 28.2 Å². The van der Waals surface area contributed by atoms with E-state index in [9.17, 15) is 9.59 Å². The van der Waals surface area contributed by atoms with Crippen molar-refractivity contribution in [1.82, 2.24) is 5.32 Å². The molecule has 2 fully saturated rings. The number of carbonyl (C=O) groups excluding carboxylic acids is 2. The first-order chi connectivity index (χ1) is 14.9. The molecule has 0 unspecified atom stereocenters. The van der Waals surface area contributed by atoms with Crippen LogP contribution in [0.3, 0.4) is 0 Å². The van der Waals surface area contributed by atoms with Crippen LogP contribution in [0.2, 0.25) is 0 Å². The molecular weight excluding hydrogens is 388 g/mol. The van der Waals surface area contributed by atoms with E-state index in [4.69, 9.17) is 0 Å². The van der Waals surface area contributed by atoms with E-state index in [2.05, 4.69) is 44.4 Å². The molecule has 1 saturated carbocycles. The molecule has 31 heavy (non-hydrogen) atoms. The van der Waals surface area contributed by atoms with E-state index in [0.717, 1.165) is 44.7 Å². The van der Waals surface area contributed by atoms with Gasteiger partial charge in [0.25, 0.3) is 11.8 Å². The summed E-state index contributed by atoms with van der Waals surface area (Å²) in [5.74, 6) is 1.51. The molecular formula is C25H42N4O2+2. The fraction of sp³-hybridized carbons (Fsp3) is 0.680. The molecule has 1 aliphatic carbocycles. The molecule has 3 rings (SSSR count). The zero-order valence-corrected chi connectivity index (χ0v) is 19.8. The quantitative estimate of drug-likeness (QED) is 0.503. The maximum atomic E-state index is 12.9. The summed E-state index contributed by atoms with van der Waals surface area (Å²) >= 11 is 0. The number of hydrogen-bond donors (Lipinski definition) is 4. The summed E-state index contributed by atoms with van der Waals surface area (Å²) in [5.41, 5.74) is 2.09. The van der Waals surface area contributed by atoms with Gasteiger partial charge in [-0.05, 0) is 43.2 Å². The molecule has 4 atom stereocenters. The zero-order chi connectivity index (χ0) is 22.4. The Morgan fingerprint density at radius 2 is 1.81 bits per heavy atom. The third-order valence-corrected chi connectivity index (χ3v) is 7.72. The van der Waals surface area contributed by atoms with Crippen LogP contribution in [0.15, 0.2) is 24.3 Å². The molecule has 2 aliphatic rings. The Hall–Kier alpha value is -1.92. The summed E-state index contributed by atoms with van der Waals surface area (Å²) in [6, 6.07) is 8.30. The van der Waals surface area contributed by atoms with E-state index < -0.39 is 0 Å². The normalized spacial score (nSPS) is 29.7. The largest absolute Gasteiger partial charge is 0.348 e. The Morgan fingerprint density at radius 1 is 1.10 bits per heavy atom. The fourth-order valence-corrected chi connectivity index (χ4v) is 5.19. The standard InChI is InChI=1S/C25H40N4O2/c1-5-21-10-6-7-11-23(21)26-24(30)17-28-13-15-29(16-14-28)20(4)25(31)27-22-12-8-9-18(2)19(22)3/h6-7,10-11,18-20,22H,5,8-9,12-17H2,1-4H3,(H,26,30)(H,27,31)/p+2/t18-,19-,20-,22+/m0/s1. The third kappa shape index (κ3) is 6.30. The molecule has 1 aromatic carbocycles. The van der Waals surface area contributed by atoms with Gasteiger partial charge in [-0.3, -0.25) is 9.59 Å². The Labute approximate surface area is 187 Å². The van der Waals surface area contributed by atoms with Crippen LogP contribution in [0, 0.1) is 11.8 Å². The van der Waals surface area contributed by atoms with Crippen LogP contribution in [0.4, 0.5) is 5.69 Å². The number of quaternary nitrogens is 2. The molecule has 6 nitrogen and oxygen atoms in total. The summed E-state index contributed by atoms with van der Waals surface area (Å²) in [4.78, 5) is 28.1. The molecule has 1 aromatic rings. The number of carbonyl (C=O) groups is 2. The molecule has 0 bridgehead atoms. The minimum Gasteiger partial charge on any atom is -0.348 e. The van der Waals surface area contributed by atoms with E-state index in [-0.39, 0.29) is 17.9 Å². The number of rotatable bonds is 7. The summed E-state index contributed by atoms with van der Waals surface area (Å²) in [7, 11) is 0. The van der Waals surface area contributed by atoms with Crippen LogP contribution in [0.5, 0.6) is 0 Å². The van der Waals surface area contributed by atoms with Gasteiger partial charge in [0.1, 0.15) is 26.2 Å². The van der Waals surface area contributed by atoms with Crippen molar-refractivity contribution in [3.05, 3.63) is 29.8 Å². The average molecular weight is 431 g/mol. The second-order valence-electron chi connectivity index (χ2n) is 9.75. The number of piperazine rings is 1. The van der Waals surface area contributed by atoms with Crippen molar-refractivity contribution in [2.24, 2.45) is 11.8 Å². The lowest BCUT2D eigenvalue weighted by Crippen LogP contribution is -3.30. The molecule has 0 radical (unpaired) electrons. The van der Waals surface area contributed by atoms with Crippen molar-refractivity contribution in [3.63, 3.8) is 0 Å². The lowest BCUT2D eigenvalue weighted by Gasteiger charge is -2.36. The number of anilines is 1. The highest BCUT2D eigenvalue weighted by Crippen LogP contribution is 2.29. The zero-order valence-electron chi connectivity index (χ0n) is 19.8.